The van der Waals surface area contributed by atoms with Crippen molar-refractivity contribution in [2.45, 2.75) is 44.2 Å². The van der Waals surface area contributed by atoms with E-state index in [1.165, 1.54) is 32.6 Å². The molecule has 2 heterocycles. The van der Waals surface area contributed by atoms with Crippen LogP contribution in [0.25, 0.3) is 11.0 Å². The Labute approximate surface area is 179 Å². The zero-order valence-electron chi connectivity index (χ0n) is 17.8. The fraction of sp³-hybridized carbons (Fsp3) is 0.474. The van der Waals surface area contributed by atoms with Crippen molar-refractivity contribution >= 4 is 21.1 Å². The lowest BCUT2D eigenvalue weighted by Gasteiger charge is -2.18. The Morgan fingerprint density at radius 2 is 1.77 bits per heavy atom. The maximum atomic E-state index is 12.7. The number of halogens is 3. The molecule has 0 fully saturated rings. The zero-order valence-corrected chi connectivity index (χ0v) is 18.6. The van der Waals surface area contributed by atoms with Crippen LogP contribution < -0.4 is 0 Å². The van der Waals surface area contributed by atoms with E-state index >= 15 is 0 Å². The molecule has 31 heavy (non-hydrogen) atoms. The van der Waals surface area contributed by atoms with Gasteiger partial charge in [0, 0.05) is 33.0 Å². The summed E-state index contributed by atoms with van der Waals surface area (Å²) in [6, 6.07) is 4.81. The molecular weight excluding hydrogens is 433 g/mol. The van der Waals surface area contributed by atoms with Gasteiger partial charge in [-0.05, 0) is 32.2 Å². The van der Waals surface area contributed by atoms with E-state index in [1.54, 1.807) is 19.2 Å². The smallest absolute Gasteiger partial charge is 0.327 e. The monoisotopic (exact) mass is 458 g/mol. The lowest BCUT2D eigenvalue weighted by Crippen LogP contribution is -2.25. The Morgan fingerprint density at radius 1 is 1.10 bits per heavy atom. The number of aromatic nitrogens is 4. The van der Waals surface area contributed by atoms with E-state index in [4.69, 9.17) is 0 Å². The molecule has 0 saturated carbocycles. The molecule has 12 heteroatoms. The van der Waals surface area contributed by atoms with Crippen molar-refractivity contribution in [1.29, 1.82) is 0 Å². The van der Waals surface area contributed by atoms with Gasteiger partial charge in [-0.15, -0.1) is 0 Å². The summed E-state index contributed by atoms with van der Waals surface area (Å²) < 4.78 is 67.3. The number of alkyl halides is 3. The second-order valence-corrected chi connectivity index (χ2v) is 9.62. The van der Waals surface area contributed by atoms with Crippen LogP contribution in [0.1, 0.15) is 18.6 Å². The van der Waals surface area contributed by atoms with Crippen LogP contribution in [0.15, 0.2) is 35.5 Å². The Kier molecular flexibility index (Phi) is 6.44. The summed E-state index contributed by atoms with van der Waals surface area (Å²) in [6.45, 7) is 2.04. The summed E-state index contributed by atoms with van der Waals surface area (Å²) in [4.78, 5) is 10.6. The highest BCUT2D eigenvalue weighted by atomic mass is 32.2. The number of sulfonamides is 1. The Balaban J connectivity index is 1.85. The van der Waals surface area contributed by atoms with Gasteiger partial charge >= 0.3 is 6.18 Å². The molecule has 3 rings (SSSR count). The van der Waals surface area contributed by atoms with Gasteiger partial charge in [-0.2, -0.15) is 13.2 Å². The predicted molar refractivity (Wildman–Crippen MR) is 110 cm³/mol. The first-order chi connectivity index (χ1) is 14.4. The van der Waals surface area contributed by atoms with Crippen LogP contribution >= 0.6 is 0 Å². The number of nitrogens with zero attached hydrogens (tertiary/aromatic N) is 6. The minimum atomic E-state index is -4.32. The number of fused-ring (bicyclic) bond motifs is 1. The summed E-state index contributed by atoms with van der Waals surface area (Å²) in [5.41, 5.74) is 1.34. The molecule has 0 unspecified atom stereocenters. The fourth-order valence-electron chi connectivity index (χ4n) is 3.37. The highest BCUT2D eigenvalue weighted by Gasteiger charge is 2.29. The molecule has 170 valence electrons. The Bertz CT molecular complexity index is 1170. The van der Waals surface area contributed by atoms with Crippen LogP contribution in [0, 0.1) is 0 Å². The number of hydrogen-bond donors (Lipinski definition) is 0. The molecule has 1 aromatic carbocycles. The average molecular weight is 459 g/mol. The predicted octanol–water partition coefficient (Wildman–Crippen LogP) is 2.70. The van der Waals surface area contributed by atoms with E-state index in [-0.39, 0.29) is 11.4 Å². The minimum Gasteiger partial charge on any atom is -0.327 e. The van der Waals surface area contributed by atoms with Crippen LogP contribution in [0.4, 0.5) is 13.2 Å². The molecule has 0 atom stereocenters. The molecule has 0 saturated heterocycles. The first-order valence-corrected chi connectivity index (χ1v) is 11.0. The summed E-state index contributed by atoms with van der Waals surface area (Å²) in [5.74, 6) is 0.992. The summed E-state index contributed by atoms with van der Waals surface area (Å²) in [5, 5.41) is 0. The molecule has 0 radical (unpaired) electrons. The van der Waals surface area contributed by atoms with E-state index < -0.39 is 22.7 Å². The van der Waals surface area contributed by atoms with Gasteiger partial charge in [0.2, 0.25) is 10.0 Å². The standard InChI is InChI=1S/C19H25F3N6O2S/c1-5-28-16-7-6-14(31(29,30)25(2)3)10-15(16)24-18(28)12-26(4)11-17-23-8-9-27(17)13-19(20,21)22/h6-10H,5,11-13H2,1-4H3. The molecule has 8 nitrogen and oxygen atoms in total. The number of rotatable bonds is 8. The molecule has 3 aromatic rings. The van der Waals surface area contributed by atoms with Gasteiger partial charge in [-0.3, -0.25) is 4.90 Å². The number of aryl methyl sites for hydroxylation is 1. The molecule has 0 aliphatic rings. The van der Waals surface area contributed by atoms with Gasteiger partial charge < -0.3 is 9.13 Å². The van der Waals surface area contributed by atoms with Crippen LogP contribution in [-0.4, -0.2) is 64.0 Å². The van der Waals surface area contributed by atoms with Gasteiger partial charge in [0.05, 0.1) is 29.0 Å². The van der Waals surface area contributed by atoms with Gasteiger partial charge in [0.1, 0.15) is 18.2 Å². The normalized spacial score (nSPS) is 13.1. The average Bonchev–Trinajstić information content (AvgIpc) is 3.22. The summed E-state index contributed by atoms with van der Waals surface area (Å²) >= 11 is 0. The highest BCUT2D eigenvalue weighted by molar-refractivity contribution is 7.89. The zero-order chi connectivity index (χ0) is 23.0. The topological polar surface area (TPSA) is 76.3 Å². The summed E-state index contributed by atoms with van der Waals surface area (Å²) in [7, 11) is 1.12. The maximum Gasteiger partial charge on any atom is 0.406 e. The highest BCUT2D eigenvalue weighted by Crippen LogP contribution is 2.23. The third kappa shape index (κ3) is 5.08. The molecule has 2 aromatic heterocycles. The molecular formula is C19H25F3N6O2S. The second-order valence-electron chi connectivity index (χ2n) is 7.47. The van der Waals surface area contributed by atoms with E-state index in [1.807, 2.05) is 16.4 Å². The van der Waals surface area contributed by atoms with E-state index in [0.29, 0.717) is 30.3 Å². The van der Waals surface area contributed by atoms with E-state index in [0.717, 1.165) is 14.4 Å². The molecule has 0 aliphatic carbocycles. The van der Waals surface area contributed by atoms with Gasteiger partial charge in [0.15, 0.2) is 0 Å². The SMILES string of the molecule is CCn1c(CN(C)Cc2nccn2CC(F)(F)F)nc2cc(S(=O)(=O)N(C)C)ccc21. The largest absolute Gasteiger partial charge is 0.406 e. The molecule has 0 N–H and O–H groups in total. The fourth-order valence-corrected chi connectivity index (χ4v) is 4.29. The van der Waals surface area contributed by atoms with Crippen LogP contribution in [0.3, 0.4) is 0 Å². The second kappa shape index (κ2) is 8.60. The van der Waals surface area contributed by atoms with Crippen LogP contribution in [0.2, 0.25) is 0 Å². The minimum absolute atomic E-state index is 0.153. The number of imidazole rings is 2. The van der Waals surface area contributed by atoms with Crippen molar-refractivity contribution in [3.8, 4) is 0 Å². The van der Waals surface area contributed by atoms with Gasteiger partial charge in [-0.1, -0.05) is 0 Å². The third-order valence-corrected chi connectivity index (χ3v) is 6.68. The Hall–Kier alpha value is -2.44. The number of benzene rings is 1. The summed E-state index contributed by atoms with van der Waals surface area (Å²) in [6.07, 6.45) is -1.66. The molecule has 0 amide bonds. The van der Waals surface area contributed by atoms with Crippen molar-refractivity contribution in [3.05, 3.63) is 42.2 Å². The van der Waals surface area contributed by atoms with Crippen molar-refractivity contribution in [1.82, 2.24) is 28.3 Å². The van der Waals surface area contributed by atoms with Crippen molar-refractivity contribution in [2.75, 3.05) is 21.1 Å². The lowest BCUT2D eigenvalue weighted by molar-refractivity contribution is -0.141. The lowest BCUT2D eigenvalue weighted by atomic mass is 10.3. The maximum absolute atomic E-state index is 12.7. The third-order valence-electron chi connectivity index (χ3n) is 4.87. The number of hydrogen-bond acceptors (Lipinski definition) is 5. The molecule has 0 aliphatic heterocycles. The van der Waals surface area contributed by atoms with Gasteiger partial charge in [0.25, 0.3) is 0 Å². The van der Waals surface area contributed by atoms with Crippen molar-refractivity contribution in [2.24, 2.45) is 0 Å². The Morgan fingerprint density at radius 3 is 2.39 bits per heavy atom. The first-order valence-electron chi connectivity index (χ1n) is 9.59. The van der Waals surface area contributed by atoms with E-state index in [9.17, 15) is 21.6 Å². The first kappa shape index (κ1) is 23.2. The molecule has 0 spiro atoms. The van der Waals surface area contributed by atoms with Crippen molar-refractivity contribution in [3.63, 3.8) is 0 Å². The van der Waals surface area contributed by atoms with E-state index in [2.05, 4.69) is 9.97 Å². The van der Waals surface area contributed by atoms with Crippen LogP contribution in [-0.2, 0) is 36.2 Å². The van der Waals surface area contributed by atoms with Crippen molar-refractivity contribution < 1.29 is 21.6 Å². The quantitative estimate of drug-likeness (QED) is 0.519. The van der Waals surface area contributed by atoms with Crippen LogP contribution in [0.5, 0.6) is 0 Å². The van der Waals surface area contributed by atoms with Gasteiger partial charge in [-0.25, -0.2) is 22.7 Å². The molecule has 0 bridgehead atoms.